The monoisotopic (exact) mass is 323 g/mol. The number of aryl methyl sites for hydroxylation is 2. The third-order valence-corrected chi connectivity index (χ3v) is 3.76. The summed E-state index contributed by atoms with van der Waals surface area (Å²) < 4.78 is 3.00. The molecule has 2 aromatic heterocycles. The van der Waals surface area contributed by atoms with E-state index in [1.165, 1.54) is 10.7 Å². The lowest BCUT2D eigenvalue weighted by molar-refractivity contribution is 0.0950. The van der Waals surface area contributed by atoms with Crippen LogP contribution < -0.4 is 10.9 Å². The SMILES string of the molecule is Cn1nccc1CNC(=O)c1ccc(-c2ccc(=O)n(C)n2)cc1. The Balaban J connectivity index is 1.71. The molecule has 122 valence electrons. The Kier molecular flexibility index (Phi) is 4.24. The fourth-order valence-electron chi connectivity index (χ4n) is 2.30. The molecule has 1 N–H and O–H groups in total. The van der Waals surface area contributed by atoms with Gasteiger partial charge in [0.05, 0.1) is 17.9 Å². The van der Waals surface area contributed by atoms with Crippen molar-refractivity contribution < 1.29 is 4.79 Å². The number of aromatic nitrogens is 4. The third-order valence-electron chi connectivity index (χ3n) is 3.76. The second-order valence-electron chi connectivity index (χ2n) is 5.39. The Labute approximate surface area is 138 Å². The molecule has 0 aliphatic carbocycles. The van der Waals surface area contributed by atoms with Gasteiger partial charge in [-0.05, 0) is 24.3 Å². The summed E-state index contributed by atoms with van der Waals surface area (Å²) in [5.41, 5.74) is 2.85. The maximum absolute atomic E-state index is 12.2. The molecule has 3 aromatic rings. The van der Waals surface area contributed by atoms with E-state index < -0.39 is 0 Å². The predicted octanol–water partition coefficient (Wildman–Crippen LogP) is 1.11. The highest BCUT2D eigenvalue weighted by atomic mass is 16.1. The fourth-order valence-corrected chi connectivity index (χ4v) is 2.30. The summed E-state index contributed by atoms with van der Waals surface area (Å²) in [5.74, 6) is -0.156. The van der Waals surface area contributed by atoms with Crippen LogP contribution >= 0.6 is 0 Å². The van der Waals surface area contributed by atoms with Crippen LogP contribution in [0.2, 0.25) is 0 Å². The molecule has 0 unspecified atom stereocenters. The summed E-state index contributed by atoms with van der Waals surface area (Å²) in [7, 11) is 3.43. The van der Waals surface area contributed by atoms with Gasteiger partial charge in [-0.15, -0.1) is 0 Å². The Hall–Kier alpha value is -3.22. The van der Waals surface area contributed by atoms with Gasteiger partial charge < -0.3 is 5.32 Å². The van der Waals surface area contributed by atoms with Crippen LogP contribution in [0.25, 0.3) is 11.3 Å². The molecule has 0 aliphatic rings. The molecular weight excluding hydrogens is 306 g/mol. The van der Waals surface area contributed by atoms with E-state index >= 15 is 0 Å². The minimum Gasteiger partial charge on any atom is -0.346 e. The fraction of sp³-hybridized carbons (Fsp3) is 0.176. The molecule has 7 nitrogen and oxygen atoms in total. The smallest absolute Gasteiger partial charge is 0.266 e. The molecule has 0 fully saturated rings. The third kappa shape index (κ3) is 3.24. The topological polar surface area (TPSA) is 81.8 Å². The largest absolute Gasteiger partial charge is 0.346 e. The maximum Gasteiger partial charge on any atom is 0.266 e. The van der Waals surface area contributed by atoms with Crippen molar-refractivity contribution in [2.75, 3.05) is 0 Å². The van der Waals surface area contributed by atoms with E-state index in [0.29, 0.717) is 17.8 Å². The van der Waals surface area contributed by atoms with Crippen LogP contribution in [0.15, 0.2) is 53.5 Å². The Bertz CT molecular complexity index is 925. The van der Waals surface area contributed by atoms with Crippen molar-refractivity contribution >= 4 is 5.91 Å². The first-order chi connectivity index (χ1) is 11.5. The number of benzene rings is 1. The van der Waals surface area contributed by atoms with Crippen molar-refractivity contribution in [3.8, 4) is 11.3 Å². The molecule has 7 heteroatoms. The second-order valence-corrected chi connectivity index (χ2v) is 5.39. The van der Waals surface area contributed by atoms with E-state index in [4.69, 9.17) is 0 Å². The highest BCUT2D eigenvalue weighted by molar-refractivity contribution is 5.94. The number of nitrogens with one attached hydrogen (secondary N) is 1. The average Bonchev–Trinajstić information content (AvgIpc) is 3.00. The Morgan fingerprint density at radius 3 is 2.42 bits per heavy atom. The van der Waals surface area contributed by atoms with E-state index in [1.807, 2.05) is 25.2 Å². The highest BCUT2D eigenvalue weighted by Crippen LogP contribution is 2.16. The van der Waals surface area contributed by atoms with Gasteiger partial charge in [0.2, 0.25) is 0 Å². The first-order valence-corrected chi connectivity index (χ1v) is 7.44. The van der Waals surface area contributed by atoms with Crippen molar-refractivity contribution in [3.63, 3.8) is 0 Å². The lowest BCUT2D eigenvalue weighted by atomic mass is 10.1. The van der Waals surface area contributed by atoms with E-state index in [-0.39, 0.29) is 11.5 Å². The van der Waals surface area contributed by atoms with Crippen molar-refractivity contribution in [1.82, 2.24) is 24.9 Å². The van der Waals surface area contributed by atoms with Crippen LogP contribution in [0.1, 0.15) is 16.1 Å². The average molecular weight is 323 g/mol. The Morgan fingerprint density at radius 2 is 1.79 bits per heavy atom. The van der Waals surface area contributed by atoms with Gasteiger partial charge in [0, 0.05) is 37.5 Å². The van der Waals surface area contributed by atoms with Gasteiger partial charge in [0.1, 0.15) is 0 Å². The quantitative estimate of drug-likeness (QED) is 0.780. The number of carbonyl (C=O) groups excluding carboxylic acids is 1. The van der Waals surface area contributed by atoms with Crippen LogP contribution in [0.4, 0.5) is 0 Å². The van der Waals surface area contributed by atoms with E-state index in [9.17, 15) is 9.59 Å². The normalized spacial score (nSPS) is 10.6. The first-order valence-electron chi connectivity index (χ1n) is 7.44. The van der Waals surface area contributed by atoms with Crippen LogP contribution in [-0.4, -0.2) is 25.5 Å². The van der Waals surface area contributed by atoms with Crippen molar-refractivity contribution in [2.24, 2.45) is 14.1 Å². The number of carbonyl (C=O) groups is 1. The zero-order chi connectivity index (χ0) is 17.1. The predicted molar refractivity (Wildman–Crippen MR) is 89.3 cm³/mol. The molecule has 1 amide bonds. The van der Waals surface area contributed by atoms with Crippen LogP contribution in [0.5, 0.6) is 0 Å². The molecule has 1 aromatic carbocycles. The number of amides is 1. The number of hydrogen-bond donors (Lipinski definition) is 1. The van der Waals surface area contributed by atoms with Crippen molar-refractivity contribution in [2.45, 2.75) is 6.54 Å². The van der Waals surface area contributed by atoms with Gasteiger partial charge >= 0.3 is 0 Å². The first kappa shape index (κ1) is 15.7. The molecule has 0 aliphatic heterocycles. The molecular formula is C17H17N5O2. The van der Waals surface area contributed by atoms with E-state index in [2.05, 4.69) is 15.5 Å². The van der Waals surface area contributed by atoms with Gasteiger partial charge in [-0.2, -0.15) is 10.2 Å². The number of nitrogens with zero attached hydrogens (tertiary/aromatic N) is 4. The van der Waals surface area contributed by atoms with Gasteiger partial charge in [-0.1, -0.05) is 12.1 Å². The summed E-state index contributed by atoms with van der Waals surface area (Å²) >= 11 is 0. The van der Waals surface area contributed by atoms with Crippen LogP contribution in [0, 0.1) is 0 Å². The lowest BCUT2D eigenvalue weighted by Crippen LogP contribution is -2.24. The summed E-state index contributed by atoms with van der Waals surface area (Å²) in [4.78, 5) is 23.6. The van der Waals surface area contributed by atoms with Gasteiger partial charge in [-0.3, -0.25) is 14.3 Å². The van der Waals surface area contributed by atoms with Gasteiger partial charge in [0.25, 0.3) is 11.5 Å². The zero-order valence-electron chi connectivity index (χ0n) is 13.4. The van der Waals surface area contributed by atoms with Gasteiger partial charge in [0.15, 0.2) is 0 Å². The molecule has 0 atom stereocenters. The highest BCUT2D eigenvalue weighted by Gasteiger charge is 2.08. The zero-order valence-corrected chi connectivity index (χ0v) is 13.4. The maximum atomic E-state index is 12.2. The Morgan fingerprint density at radius 1 is 1.04 bits per heavy atom. The minimum atomic E-state index is -0.162. The summed E-state index contributed by atoms with van der Waals surface area (Å²) in [6.45, 7) is 0.416. The second kappa shape index (κ2) is 6.49. The lowest BCUT2D eigenvalue weighted by Gasteiger charge is -2.07. The standard InChI is InChI=1S/C17H17N5O2/c1-21-14(9-10-19-21)11-18-17(24)13-5-3-12(4-6-13)15-7-8-16(23)22(2)20-15/h3-10H,11H2,1-2H3,(H,18,24). The van der Waals surface area contributed by atoms with Crippen molar-refractivity contribution in [1.29, 1.82) is 0 Å². The molecule has 0 radical (unpaired) electrons. The van der Waals surface area contributed by atoms with E-state index in [1.54, 1.807) is 36.1 Å². The molecule has 0 spiro atoms. The molecule has 0 saturated carbocycles. The molecule has 24 heavy (non-hydrogen) atoms. The molecule has 3 rings (SSSR count). The van der Waals surface area contributed by atoms with Crippen LogP contribution in [-0.2, 0) is 20.6 Å². The minimum absolute atomic E-state index is 0.156. The van der Waals surface area contributed by atoms with E-state index in [0.717, 1.165) is 11.3 Å². The molecule has 0 bridgehead atoms. The summed E-state index contributed by atoms with van der Waals surface area (Å²) in [5, 5.41) is 11.1. The summed E-state index contributed by atoms with van der Waals surface area (Å²) in [6, 6.07) is 12.1. The number of hydrogen-bond acceptors (Lipinski definition) is 4. The summed E-state index contributed by atoms with van der Waals surface area (Å²) in [6.07, 6.45) is 1.69. The van der Waals surface area contributed by atoms with Crippen molar-refractivity contribution in [3.05, 3.63) is 70.3 Å². The van der Waals surface area contributed by atoms with Gasteiger partial charge in [-0.25, -0.2) is 4.68 Å². The number of rotatable bonds is 4. The molecule has 2 heterocycles. The molecule has 0 saturated heterocycles. The van der Waals surface area contributed by atoms with Crippen LogP contribution in [0.3, 0.4) is 0 Å².